The van der Waals surface area contributed by atoms with Gasteiger partial charge in [0, 0.05) is 22.7 Å². The number of likely N-dealkylation sites (tertiary alicyclic amines) is 1. The van der Waals surface area contributed by atoms with Crippen LogP contribution in [-0.2, 0) is 21.6 Å². The summed E-state index contributed by atoms with van der Waals surface area (Å²) in [4.78, 5) is 15.0. The first kappa shape index (κ1) is 12.5. The predicted molar refractivity (Wildman–Crippen MR) is 62.9 cm³/mol. The minimum atomic E-state index is -4.61. The van der Waals surface area contributed by atoms with Gasteiger partial charge < -0.3 is 4.90 Å². The lowest BCUT2D eigenvalue weighted by Gasteiger charge is -2.14. The summed E-state index contributed by atoms with van der Waals surface area (Å²) in [6, 6.07) is 3.83. The molecule has 17 heavy (non-hydrogen) atoms. The van der Waals surface area contributed by atoms with Crippen molar-refractivity contribution in [2.24, 2.45) is 0 Å². The number of aryl methyl sites for hydroxylation is 1. The van der Waals surface area contributed by atoms with E-state index in [2.05, 4.69) is 0 Å². The van der Waals surface area contributed by atoms with E-state index in [1.54, 1.807) is 11.3 Å². The van der Waals surface area contributed by atoms with Crippen LogP contribution in [0.1, 0.15) is 16.2 Å². The third-order valence-electron chi connectivity index (χ3n) is 2.72. The summed E-state index contributed by atoms with van der Waals surface area (Å²) in [7, 11) is -4.61. The summed E-state index contributed by atoms with van der Waals surface area (Å²) in [5.74, 6) is -0.303. The smallest absolute Gasteiger partial charge is 0.307 e. The summed E-state index contributed by atoms with van der Waals surface area (Å²) in [6.07, 6.45) is -0.247. The topological polar surface area (TPSA) is 54.5 Å². The van der Waals surface area contributed by atoms with Crippen LogP contribution in [0.3, 0.4) is 0 Å². The van der Waals surface area contributed by atoms with E-state index in [4.69, 9.17) is 0 Å². The molecule has 1 aliphatic heterocycles. The molecule has 1 atom stereocenters. The fourth-order valence-electron chi connectivity index (χ4n) is 1.84. The molecule has 7 heteroatoms. The van der Waals surface area contributed by atoms with Gasteiger partial charge in [0.1, 0.15) is 5.25 Å². The summed E-state index contributed by atoms with van der Waals surface area (Å²) in [6.45, 7) is 2.27. The van der Waals surface area contributed by atoms with Gasteiger partial charge in [0.15, 0.2) is 0 Å². The van der Waals surface area contributed by atoms with Crippen LogP contribution in [0.4, 0.5) is 3.89 Å². The number of carbonyl (C=O) groups is 1. The minimum Gasteiger partial charge on any atom is -0.336 e. The number of halogens is 1. The molecule has 0 aromatic carbocycles. The second kappa shape index (κ2) is 4.38. The summed E-state index contributed by atoms with van der Waals surface area (Å²) in [5, 5.41) is -1.20. The van der Waals surface area contributed by atoms with Gasteiger partial charge >= 0.3 is 10.2 Å². The van der Waals surface area contributed by atoms with Crippen LogP contribution in [0.5, 0.6) is 0 Å². The zero-order chi connectivity index (χ0) is 12.6. The molecule has 0 saturated carbocycles. The molecular weight excluding hydrogens is 265 g/mol. The molecule has 0 radical (unpaired) electrons. The highest BCUT2D eigenvalue weighted by Crippen LogP contribution is 2.24. The fraction of sp³-hybridized carbons (Fsp3) is 0.500. The lowest BCUT2D eigenvalue weighted by molar-refractivity contribution is -0.128. The van der Waals surface area contributed by atoms with Crippen LogP contribution in [0.2, 0.25) is 0 Å². The molecule has 1 aliphatic rings. The highest BCUT2D eigenvalue weighted by molar-refractivity contribution is 7.87. The van der Waals surface area contributed by atoms with Crippen molar-refractivity contribution in [3.63, 3.8) is 0 Å². The molecule has 94 valence electrons. The number of thiophene rings is 1. The van der Waals surface area contributed by atoms with Gasteiger partial charge in [0.25, 0.3) is 0 Å². The summed E-state index contributed by atoms with van der Waals surface area (Å²) < 4.78 is 34.3. The van der Waals surface area contributed by atoms with E-state index in [1.165, 1.54) is 4.90 Å². The Morgan fingerprint density at radius 1 is 1.53 bits per heavy atom. The van der Waals surface area contributed by atoms with Crippen molar-refractivity contribution in [2.45, 2.75) is 25.1 Å². The minimum absolute atomic E-state index is 0.0470. The average Bonchev–Trinajstić information content (AvgIpc) is 2.74. The molecule has 0 spiro atoms. The van der Waals surface area contributed by atoms with Crippen LogP contribution in [0.25, 0.3) is 0 Å². The third kappa shape index (κ3) is 2.84. The van der Waals surface area contributed by atoms with Gasteiger partial charge in [-0.05, 0) is 19.1 Å². The number of hydrogen-bond acceptors (Lipinski definition) is 4. The zero-order valence-corrected chi connectivity index (χ0v) is 10.9. The maximum absolute atomic E-state index is 12.8. The van der Waals surface area contributed by atoms with Gasteiger partial charge in [-0.25, -0.2) is 0 Å². The zero-order valence-electron chi connectivity index (χ0n) is 9.22. The Labute approximate surface area is 103 Å². The molecule has 1 amide bonds. The quantitative estimate of drug-likeness (QED) is 0.786. The molecule has 2 heterocycles. The first-order valence-corrected chi connectivity index (χ1v) is 7.39. The van der Waals surface area contributed by atoms with Crippen LogP contribution in [0.15, 0.2) is 12.1 Å². The van der Waals surface area contributed by atoms with Crippen molar-refractivity contribution >= 4 is 27.5 Å². The summed E-state index contributed by atoms with van der Waals surface area (Å²) >= 11 is 1.55. The van der Waals surface area contributed by atoms with Gasteiger partial charge in [-0.1, -0.05) is 0 Å². The van der Waals surface area contributed by atoms with Crippen molar-refractivity contribution in [1.82, 2.24) is 4.90 Å². The molecular formula is C10H12FNO3S2. The molecule has 4 nitrogen and oxygen atoms in total. The summed E-state index contributed by atoms with van der Waals surface area (Å²) in [5.41, 5.74) is 0. The van der Waals surface area contributed by atoms with Gasteiger partial charge in [-0.3, -0.25) is 4.79 Å². The number of carbonyl (C=O) groups excluding carboxylic acids is 1. The Morgan fingerprint density at radius 2 is 2.24 bits per heavy atom. The van der Waals surface area contributed by atoms with E-state index < -0.39 is 15.5 Å². The Morgan fingerprint density at radius 3 is 2.71 bits per heavy atom. The standard InChI is InChI=1S/C10H12FNO3S2/c1-7-2-3-8(16-7)5-12-6-9(4-10(12)13)17(11,14)15/h2-3,9H,4-6H2,1H3. The molecule has 0 N–H and O–H groups in total. The van der Waals surface area contributed by atoms with Crippen LogP contribution in [-0.4, -0.2) is 31.0 Å². The lowest BCUT2D eigenvalue weighted by atomic mass is 10.4. The highest BCUT2D eigenvalue weighted by Gasteiger charge is 2.38. The number of amides is 1. The van der Waals surface area contributed by atoms with Gasteiger partial charge in [0.2, 0.25) is 5.91 Å². The normalized spacial score (nSPS) is 21.2. The molecule has 1 fully saturated rings. The Kier molecular flexibility index (Phi) is 3.22. The van der Waals surface area contributed by atoms with Crippen molar-refractivity contribution in [3.8, 4) is 0 Å². The monoisotopic (exact) mass is 277 g/mol. The SMILES string of the molecule is Cc1ccc(CN2CC(S(=O)(=O)F)CC2=O)s1. The Balaban J connectivity index is 2.07. The van der Waals surface area contributed by atoms with Gasteiger partial charge in [0.05, 0.1) is 6.54 Å². The second-order valence-corrected chi connectivity index (χ2v) is 7.08. The Hall–Kier alpha value is -0.950. The number of nitrogens with zero attached hydrogens (tertiary/aromatic N) is 1. The van der Waals surface area contributed by atoms with E-state index in [0.29, 0.717) is 6.54 Å². The van der Waals surface area contributed by atoms with Crippen molar-refractivity contribution in [1.29, 1.82) is 0 Å². The van der Waals surface area contributed by atoms with E-state index in [-0.39, 0.29) is 18.9 Å². The average molecular weight is 277 g/mol. The highest BCUT2D eigenvalue weighted by atomic mass is 32.3. The molecule has 1 aromatic rings. The molecule has 1 aromatic heterocycles. The third-order valence-corrected chi connectivity index (χ3v) is 4.82. The molecule has 0 aliphatic carbocycles. The maximum Gasteiger partial charge on any atom is 0.307 e. The first-order chi connectivity index (χ1) is 7.86. The van der Waals surface area contributed by atoms with E-state index in [0.717, 1.165) is 9.75 Å². The van der Waals surface area contributed by atoms with E-state index in [1.807, 2.05) is 19.1 Å². The first-order valence-electron chi connectivity index (χ1n) is 5.13. The van der Waals surface area contributed by atoms with Crippen molar-refractivity contribution in [2.75, 3.05) is 6.54 Å². The number of hydrogen-bond donors (Lipinski definition) is 0. The number of rotatable bonds is 3. The second-order valence-electron chi connectivity index (χ2n) is 4.09. The molecule has 0 bridgehead atoms. The molecule has 1 saturated heterocycles. The molecule has 2 rings (SSSR count). The predicted octanol–water partition coefficient (Wildman–Crippen LogP) is 1.46. The van der Waals surface area contributed by atoms with Crippen LogP contribution in [0, 0.1) is 6.92 Å². The van der Waals surface area contributed by atoms with Crippen LogP contribution >= 0.6 is 11.3 Å². The van der Waals surface area contributed by atoms with Crippen molar-refractivity contribution in [3.05, 3.63) is 21.9 Å². The maximum atomic E-state index is 12.8. The van der Waals surface area contributed by atoms with E-state index in [9.17, 15) is 17.1 Å². The fourth-order valence-corrected chi connectivity index (χ4v) is 3.44. The lowest BCUT2D eigenvalue weighted by Crippen LogP contribution is -2.26. The van der Waals surface area contributed by atoms with Gasteiger partial charge in [-0.2, -0.15) is 8.42 Å². The van der Waals surface area contributed by atoms with Gasteiger partial charge in [-0.15, -0.1) is 15.2 Å². The van der Waals surface area contributed by atoms with Crippen molar-refractivity contribution < 1.29 is 17.1 Å². The molecule has 1 unspecified atom stereocenters. The largest absolute Gasteiger partial charge is 0.336 e. The van der Waals surface area contributed by atoms with E-state index >= 15 is 0 Å². The van der Waals surface area contributed by atoms with Crippen LogP contribution < -0.4 is 0 Å². The Bertz CT molecular complexity index is 538.